The number of hydrogen-bond acceptors (Lipinski definition) is 3. The van der Waals surface area contributed by atoms with Gasteiger partial charge < -0.3 is 9.73 Å². The van der Waals surface area contributed by atoms with Crippen LogP contribution in [0.25, 0.3) is 11.3 Å². The highest BCUT2D eigenvalue weighted by molar-refractivity contribution is 5.97. The van der Waals surface area contributed by atoms with Crippen LogP contribution in [0.3, 0.4) is 0 Å². The highest BCUT2D eigenvalue weighted by Crippen LogP contribution is 2.21. The molecule has 0 aliphatic carbocycles. The second-order valence-electron chi connectivity index (χ2n) is 4.01. The molecule has 0 atom stereocenters. The monoisotopic (exact) mass is 244 g/mol. The van der Waals surface area contributed by atoms with Gasteiger partial charge in [-0.1, -0.05) is 43.7 Å². The lowest BCUT2D eigenvalue weighted by molar-refractivity contribution is 0.0926. The Morgan fingerprint density at radius 3 is 2.83 bits per heavy atom. The molecule has 0 radical (unpaired) electrons. The quantitative estimate of drug-likeness (QED) is 0.823. The van der Waals surface area contributed by atoms with Gasteiger partial charge in [-0.05, 0) is 6.42 Å². The van der Waals surface area contributed by atoms with E-state index in [2.05, 4.69) is 17.2 Å². The fraction of sp³-hybridized carbons (Fsp3) is 0.286. The van der Waals surface area contributed by atoms with Crippen molar-refractivity contribution < 1.29 is 9.21 Å². The predicted molar refractivity (Wildman–Crippen MR) is 69.2 cm³/mol. The summed E-state index contributed by atoms with van der Waals surface area (Å²) in [6.07, 6.45) is 3.31. The second kappa shape index (κ2) is 6.00. The van der Waals surface area contributed by atoms with Crippen molar-refractivity contribution >= 4 is 5.91 Å². The van der Waals surface area contributed by atoms with Gasteiger partial charge in [0.1, 0.15) is 5.69 Å². The lowest BCUT2D eigenvalue weighted by Crippen LogP contribution is -2.24. The van der Waals surface area contributed by atoms with Crippen molar-refractivity contribution in [2.45, 2.75) is 19.8 Å². The average molecular weight is 244 g/mol. The molecule has 0 saturated carbocycles. The van der Waals surface area contributed by atoms with E-state index in [4.69, 9.17) is 4.42 Å². The third-order valence-corrected chi connectivity index (χ3v) is 2.64. The van der Waals surface area contributed by atoms with Crippen LogP contribution in [0.15, 0.2) is 41.1 Å². The molecule has 0 bridgehead atoms. The van der Waals surface area contributed by atoms with Crippen LogP contribution in [0.4, 0.5) is 0 Å². The van der Waals surface area contributed by atoms with Crippen molar-refractivity contribution in [3.05, 3.63) is 42.5 Å². The first-order valence-electron chi connectivity index (χ1n) is 6.10. The largest absolute Gasteiger partial charge is 0.438 e. The molecule has 0 aliphatic rings. The van der Waals surface area contributed by atoms with E-state index in [1.54, 1.807) is 0 Å². The molecule has 0 saturated heterocycles. The molecule has 2 aromatic rings. The third kappa shape index (κ3) is 2.77. The zero-order valence-electron chi connectivity index (χ0n) is 10.3. The number of rotatable bonds is 5. The number of carbonyl (C=O) groups is 1. The van der Waals surface area contributed by atoms with E-state index >= 15 is 0 Å². The summed E-state index contributed by atoms with van der Waals surface area (Å²) < 4.78 is 5.19. The number of carbonyl (C=O) groups excluding carboxylic acids is 1. The smallest absolute Gasteiger partial charge is 0.289 e. The zero-order valence-corrected chi connectivity index (χ0v) is 10.3. The maximum Gasteiger partial charge on any atom is 0.289 e. The predicted octanol–water partition coefficient (Wildman–Crippen LogP) is 2.87. The summed E-state index contributed by atoms with van der Waals surface area (Å²) in [5.74, 6) is 0.0668. The first kappa shape index (κ1) is 12.4. The zero-order chi connectivity index (χ0) is 12.8. The van der Waals surface area contributed by atoms with E-state index in [-0.39, 0.29) is 11.7 Å². The van der Waals surface area contributed by atoms with E-state index in [0.29, 0.717) is 12.2 Å². The van der Waals surface area contributed by atoms with Gasteiger partial charge in [0.05, 0.1) is 0 Å². The highest BCUT2D eigenvalue weighted by atomic mass is 16.3. The van der Waals surface area contributed by atoms with Gasteiger partial charge in [-0.25, -0.2) is 4.98 Å². The molecule has 0 spiro atoms. The Bertz CT molecular complexity index is 506. The molecule has 0 aliphatic heterocycles. The Balaban J connectivity index is 2.15. The first-order valence-corrected chi connectivity index (χ1v) is 6.10. The van der Waals surface area contributed by atoms with Crippen LogP contribution in [-0.2, 0) is 0 Å². The molecule has 94 valence electrons. The van der Waals surface area contributed by atoms with Gasteiger partial charge in [0, 0.05) is 12.1 Å². The molecule has 2 rings (SSSR count). The van der Waals surface area contributed by atoms with Crippen LogP contribution in [-0.4, -0.2) is 17.4 Å². The van der Waals surface area contributed by atoms with Gasteiger partial charge in [0.2, 0.25) is 5.76 Å². The number of aromatic nitrogens is 1. The molecule has 1 N–H and O–H groups in total. The van der Waals surface area contributed by atoms with E-state index in [0.717, 1.165) is 18.4 Å². The molecule has 1 amide bonds. The lowest BCUT2D eigenvalue weighted by atomic mass is 10.1. The fourth-order valence-corrected chi connectivity index (χ4v) is 1.67. The summed E-state index contributed by atoms with van der Waals surface area (Å²) in [4.78, 5) is 16.0. The van der Waals surface area contributed by atoms with Gasteiger partial charge in [-0.3, -0.25) is 4.79 Å². The van der Waals surface area contributed by atoms with Crippen molar-refractivity contribution in [3.63, 3.8) is 0 Å². The Hall–Kier alpha value is -2.10. The standard InChI is InChI=1S/C14H16N2O2/c1-2-3-9-15-14(17)13-12(16-10-18-13)11-7-5-4-6-8-11/h4-8,10H,2-3,9H2,1H3,(H,15,17). The van der Waals surface area contributed by atoms with Crippen molar-refractivity contribution in [1.29, 1.82) is 0 Å². The minimum Gasteiger partial charge on any atom is -0.438 e. The van der Waals surface area contributed by atoms with Gasteiger partial charge in [0.15, 0.2) is 6.39 Å². The minimum absolute atomic E-state index is 0.209. The van der Waals surface area contributed by atoms with E-state index < -0.39 is 0 Å². The Morgan fingerprint density at radius 1 is 1.33 bits per heavy atom. The molecule has 0 unspecified atom stereocenters. The van der Waals surface area contributed by atoms with Crippen molar-refractivity contribution in [3.8, 4) is 11.3 Å². The summed E-state index contributed by atoms with van der Waals surface area (Å²) in [6, 6.07) is 9.54. The molecule has 0 fully saturated rings. The number of nitrogens with one attached hydrogen (secondary N) is 1. The fourth-order valence-electron chi connectivity index (χ4n) is 1.67. The van der Waals surface area contributed by atoms with Gasteiger partial charge in [0.25, 0.3) is 5.91 Å². The number of oxazole rings is 1. The van der Waals surface area contributed by atoms with Crippen molar-refractivity contribution in [2.75, 3.05) is 6.54 Å². The SMILES string of the molecule is CCCCNC(=O)c1ocnc1-c1ccccc1. The van der Waals surface area contributed by atoms with Crippen molar-refractivity contribution in [1.82, 2.24) is 10.3 Å². The Morgan fingerprint density at radius 2 is 2.11 bits per heavy atom. The van der Waals surface area contributed by atoms with Crippen LogP contribution in [0, 0.1) is 0 Å². The third-order valence-electron chi connectivity index (χ3n) is 2.64. The number of nitrogens with zero attached hydrogens (tertiary/aromatic N) is 1. The van der Waals surface area contributed by atoms with Crippen LogP contribution >= 0.6 is 0 Å². The van der Waals surface area contributed by atoms with Crippen LogP contribution in [0.5, 0.6) is 0 Å². The molecule has 1 heterocycles. The Kier molecular flexibility index (Phi) is 4.12. The number of hydrogen-bond donors (Lipinski definition) is 1. The summed E-state index contributed by atoms with van der Waals surface area (Å²) in [5.41, 5.74) is 1.47. The first-order chi connectivity index (χ1) is 8.83. The van der Waals surface area contributed by atoms with E-state index in [9.17, 15) is 4.79 Å². The number of amides is 1. The molecule has 18 heavy (non-hydrogen) atoms. The molecular formula is C14H16N2O2. The molecular weight excluding hydrogens is 228 g/mol. The molecule has 1 aromatic heterocycles. The highest BCUT2D eigenvalue weighted by Gasteiger charge is 2.17. The maximum atomic E-state index is 11.9. The lowest BCUT2D eigenvalue weighted by Gasteiger charge is -2.03. The minimum atomic E-state index is -0.209. The second-order valence-corrected chi connectivity index (χ2v) is 4.01. The number of unbranched alkanes of at least 4 members (excludes halogenated alkanes) is 1. The molecule has 1 aromatic carbocycles. The number of benzene rings is 1. The van der Waals surface area contributed by atoms with Gasteiger partial charge in [-0.2, -0.15) is 0 Å². The summed E-state index contributed by atoms with van der Waals surface area (Å²) >= 11 is 0. The molecule has 4 nitrogen and oxygen atoms in total. The van der Waals surface area contributed by atoms with E-state index in [1.807, 2.05) is 30.3 Å². The van der Waals surface area contributed by atoms with Gasteiger partial charge in [-0.15, -0.1) is 0 Å². The topological polar surface area (TPSA) is 55.1 Å². The van der Waals surface area contributed by atoms with Crippen LogP contribution < -0.4 is 5.32 Å². The van der Waals surface area contributed by atoms with E-state index in [1.165, 1.54) is 6.39 Å². The summed E-state index contributed by atoms with van der Waals surface area (Å²) in [7, 11) is 0. The average Bonchev–Trinajstić information content (AvgIpc) is 2.89. The Labute approximate surface area is 106 Å². The van der Waals surface area contributed by atoms with Crippen LogP contribution in [0.1, 0.15) is 30.3 Å². The maximum absolute atomic E-state index is 11.9. The van der Waals surface area contributed by atoms with Gasteiger partial charge >= 0.3 is 0 Å². The summed E-state index contributed by atoms with van der Waals surface area (Å²) in [6.45, 7) is 2.74. The molecule has 4 heteroatoms. The summed E-state index contributed by atoms with van der Waals surface area (Å²) in [5, 5.41) is 2.82. The van der Waals surface area contributed by atoms with Crippen molar-refractivity contribution in [2.24, 2.45) is 0 Å². The normalized spacial score (nSPS) is 10.3. The van der Waals surface area contributed by atoms with Crippen LogP contribution in [0.2, 0.25) is 0 Å².